The van der Waals surface area contributed by atoms with Crippen LogP contribution in [0.25, 0.3) is 0 Å². The number of piperidine rings is 1. The summed E-state index contributed by atoms with van der Waals surface area (Å²) in [4.78, 5) is 11.2. The molecule has 0 atom stereocenters. The molecular weight excluding hydrogens is 431 g/mol. The van der Waals surface area contributed by atoms with Gasteiger partial charge < -0.3 is 19.7 Å². The van der Waals surface area contributed by atoms with Crippen molar-refractivity contribution < 1.29 is 9.47 Å². The minimum Gasteiger partial charge on any atom is -0.491 e. The van der Waals surface area contributed by atoms with Crippen LogP contribution >= 0.6 is 35.0 Å². The summed E-state index contributed by atoms with van der Waals surface area (Å²) < 4.78 is 11.4. The van der Waals surface area contributed by atoms with Crippen molar-refractivity contribution in [1.82, 2.24) is 14.9 Å². The first kappa shape index (κ1) is 22.3. The van der Waals surface area contributed by atoms with E-state index in [1.807, 2.05) is 12.3 Å². The summed E-state index contributed by atoms with van der Waals surface area (Å²) in [6, 6.07) is 5.43. The summed E-state index contributed by atoms with van der Waals surface area (Å²) in [5.74, 6) is 2.20. The fourth-order valence-corrected chi connectivity index (χ4v) is 3.86. The molecular formula is C20H26Cl2N4O2S. The molecule has 1 aliphatic rings. The molecule has 1 aromatic carbocycles. The third kappa shape index (κ3) is 6.54. The Labute approximate surface area is 186 Å². The Hall–Kier alpha value is -1.41. The third-order valence-corrected chi connectivity index (χ3v) is 6.11. The standard InChI is InChI=1S/C20H26Cl2N4O2S/c1-27-18-13-24-20(29-2)25-19(18)23-8-3-9-26-10-6-14(7-11-26)28-15-4-5-16(21)17(22)12-15/h4-5,12-14H,3,6-11H2,1-2H3,(H,23,24,25). The predicted octanol–water partition coefficient (Wildman–Crippen LogP) is 4.86. The SMILES string of the molecule is COc1cnc(SC)nc1NCCCN1CCC(Oc2ccc(Cl)c(Cl)c2)CC1. The number of benzene rings is 1. The van der Waals surface area contributed by atoms with Gasteiger partial charge in [0.25, 0.3) is 0 Å². The molecule has 2 heterocycles. The molecule has 0 spiro atoms. The Kier molecular flexibility index (Phi) is 8.53. The van der Waals surface area contributed by atoms with E-state index in [1.165, 1.54) is 11.8 Å². The largest absolute Gasteiger partial charge is 0.491 e. The summed E-state index contributed by atoms with van der Waals surface area (Å²) in [5, 5.41) is 5.17. The highest BCUT2D eigenvalue weighted by Gasteiger charge is 2.20. The van der Waals surface area contributed by atoms with Gasteiger partial charge in [-0.1, -0.05) is 35.0 Å². The molecule has 0 unspecified atom stereocenters. The second-order valence-electron chi connectivity index (χ2n) is 6.79. The van der Waals surface area contributed by atoms with Crippen LogP contribution < -0.4 is 14.8 Å². The van der Waals surface area contributed by atoms with E-state index in [0.717, 1.165) is 62.2 Å². The Morgan fingerprint density at radius 1 is 1.24 bits per heavy atom. The van der Waals surface area contributed by atoms with Crippen molar-refractivity contribution in [3.05, 3.63) is 34.4 Å². The van der Waals surface area contributed by atoms with Gasteiger partial charge in [-0.25, -0.2) is 9.97 Å². The fraction of sp³-hybridized carbons (Fsp3) is 0.500. The number of thioether (sulfide) groups is 1. The Balaban J connectivity index is 1.37. The van der Waals surface area contributed by atoms with Crippen molar-refractivity contribution in [3.8, 4) is 11.5 Å². The van der Waals surface area contributed by atoms with Crippen LogP contribution in [0.1, 0.15) is 19.3 Å². The van der Waals surface area contributed by atoms with Crippen LogP contribution in [-0.2, 0) is 0 Å². The van der Waals surface area contributed by atoms with Crippen molar-refractivity contribution in [2.75, 3.05) is 44.9 Å². The van der Waals surface area contributed by atoms with Gasteiger partial charge in [-0.2, -0.15) is 0 Å². The minimum atomic E-state index is 0.219. The van der Waals surface area contributed by atoms with Crippen molar-refractivity contribution in [1.29, 1.82) is 0 Å². The highest BCUT2D eigenvalue weighted by Crippen LogP contribution is 2.28. The van der Waals surface area contributed by atoms with Crippen LogP contribution in [-0.4, -0.2) is 60.5 Å². The molecule has 1 aliphatic heterocycles. The first-order chi connectivity index (χ1) is 14.1. The molecule has 0 aliphatic carbocycles. The van der Waals surface area contributed by atoms with E-state index in [-0.39, 0.29) is 6.10 Å². The molecule has 0 bridgehead atoms. The summed E-state index contributed by atoms with van der Waals surface area (Å²) in [6.45, 7) is 3.93. The molecule has 1 fully saturated rings. The van der Waals surface area contributed by atoms with E-state index in [9.17, 15) is 0 Å². The molecule has 0 amide bonds. The minimum absolute atomic E-state index is 0.219. The zero-order valence-electron chi connectivity index (χ0n) is 16.7. The Bertz CT molecular complexity index is 804. The molecule has 3 rings (SSSR count). The molecule has 0 saturated carbocycles. The maximum Gasteiger partial charge on any atom is 0.189 e. The number of nitrogens with zero attached hydrogens (tertiary/aromatic N) is 3. The van der Waals surface area contributed by atoms with Crippen molar-refractivity contribution in [3.63, 3.8) is 0 Å². The lowest BCUT2D eigenvalue weighted by molar-refractivity contribution is 0.100. The Morgan fingerprint density at radius 2 is 2.03 bits per heavy atom. The second kappa shape index (κ2) is 11.1. The zero-order chi connectivity index (χ0) is 20.6. The van der Waals surface area contributed by atoms with Crippen molar-refractivity contribution in [2.45, 2.75) is 30.5 Å². The molecule has 6 nitrogen and oxygen atoms in total. The van der Waals surface area contributed by atoms with Crippen LogP contribution in [0.2, 0.25) is 10.0 Å². The van der Waals surface area contributed by atoms with Crippen molar-refractivity contribution in [2.24, 2.45) is 0 Å². The lowest BCUT2D eigenvalue weighted by Gasteiger charge is -2.32. The topological polar surface area (TPSA) is 59.5 Å². The molecule has 29 heavy (non-hydrogen) atoms. The molecule has 9 heteroatoms. The molecule has 1 aromatic heterocycles. The third-order valence-electron chi connectivity index (χ3n) is 4.81. The van der Waals surface area contributed by atoms with Gasteiger partial charge in [0.2, 0.25) is 0 Å². The average Bonchev–Trinajstić information content (AvgIpc) is 2.75. The predicted molar refractivity (Wildman–Crippen MR) is 120 cm³/mol. The number of anilines is 1. The fourth-order valence-electron chi connectivity index (χ4n) is 3.23. The average molecular weight is 457 g/mol. The van der Waals surface area contributed by atoms with Gasteiger partial charge in [0.15, 0.2) is 16.7 Å². The number of hydrogen-bond acceptors (Lipinski definition) is 7. The number of hydrogen-bond donors (Lipinski definition) is 1. The van der Waals surface area contributed by atoms with E-state index >= 15 is 0 Å². The lowest BCUT2D eigenvalue weighted by Crippen LogP contribution is -2.39. The summed E-state index contributed by atoms with van der Waals surface area (Å²) >= 11 is 13.5. The zero-order valence-corrected chi connectivity index (χ0v) is 19.0. The van der Waals surface area contributed by atoms with Gasteiger partial charge in [0.05, 0.1) is 23.4 Å². The maximum absolute atomic E-state index is 6.06. The number of ether oxygens (including phenoxy) is 2. The maximum atomic E-state index is 6.06. The molecule has 158 valence electrons. The van der Waals surface area contributed by atoms with Crippen LogP contribution in [0.15, 0.2) is 29.6 Å². The highest BCUT2D eigenvalue weighted by molar-refractivity contribution is 7.98. The number of aromatic nitrogens is 2. The number of nitrogens with one attached hydrogen (secondary N) is 1. The van der Waals surface area contributed by atoms with E-state index in [2.05, 4.69) is 20.2 Å². The molecule has 1 saturated heterocycles. The van der Waals surface area contributed by atoms with E-state index in [4.69, 9.17) is 32.7 Å². The van der Waals surface area contributed by atoms with Gasteiger partial charge in [0.1, 0.15) is 11.9 Å². The lowest BCUT2D eigenvalue weighted by atomic mass is 10.1. The highest BCUT2D eigenvalue weighted by atomic mass is 35.5. The summed E-state index contributed by atoms with van der Waals surface area (Å²) in [6.07, 6.45) is 6.92. The van der Waals surface area contributed by atoms with Gasteiger partial charge >= 0.3 is 0 Å². The summed E-state index contributed by atoms with van der Waals surface area (Å²) in [7, 11) is 1.63. The quantitative estimate of drug-likeness (QED) is 0.328. The van der Waals surface area contributed by atoms with Gasteiger partial charge in [0, 0.05) is 25.7 Å². The van der Waals surface area contributed by atoms with Crippen LogP contribution in [0.5, 0.6) is 11.5 Å². The number of methoxy groups -OCH3 is 1. The second-order valence-corrected chi connectivity index (χ2v) is 8.38. The van der Waals surface area contributed by atoms with E-state index < -0.39 is 0 Å². The van der Waals surface area contributed by atoms with Gasteiger partial charge in [-0.15, -0.1) is 0 Å². The number of halogens is 2. The van der Waals surface area contributed by atoms with Gasteiger partial charge in [-0.05, 0) is 44.2 Å². The van der Waals surface area contributed by atoms with Crippen LogP contribution in [0, 0.1) is 0 Å². The molecule has 1 N–H and O–H groups in total. The van der Waals surface area contributed by atoms with Crippen molar-refractivity contribution >= 4 is 40.8 Å². The van der Waals surface area contributed by atoms with Crippen LogP contribution in [0.4, 0.5) is 5.82 Å². The van der Waals surface area contributed by atoms with E-state index in [1.54, 1.807) is 25.4 Å². The normalized spacial score (nSPS) is 15.3. The monoisotopic (exact) mass is 456 g/mol. The van der Waals surface area contributed by atoms with Crippen LogP contribution in [0.3, 0.4) is 0 Å². The Morgan fingerprint density at radius 3 is 2.72 bits per heavy atom. The first-order valence-corrected chi connectivity index (χ1v) is 11.6. The number of rotatable bonds is 9. The molecule has 2 aromatic rings. The van der Waals surface area contributed by atoms with Gasteiger partial charge in [-0.3, -0.25) is 0 Å². The number of likely N-dealkylation sites (tertiary alicyclic amines) is 1. The smallest absolute Gasteiger partial charge is 0.189 e. The molecule has 0 radical (unpaired) electrons. The van der Waals surface area contributed by atoms with E-state index in [0.29, 0.717) is 15.8 Å². The summed E-state index contributed by atoms with van der Waals surface area (Å²) in [5.41, 5.74) is 0. The first-order valence-electron chi connectivity index (χ1n) is 9.62.